The first-order valence-electron chi connectivity index (χ1n) is 7.35. The van der Waals surface area contributed by atoms with Gasteiger partial charge in [-0.15, -0.1) is 0 Å². The molecule has 0 radical (unpaired) electrons. The first-order chi connectivity index (χ1) is 9.26. The number of hydrogen-bond donors (Lipinski definition) is 0. The number of unbranched alkanes of at least 4 members (excludes halogenated alkanes) is 1. The van der Waals surface area contributed by atoms with Crippen LogP contribution in [0, 0.1) is 0 Å². The highest BCUT2D eigenvalue weighted by atomic mass is 16.5. The molecule has 1 heterocycles. The van der Waals surface area contributed by atoms with Gasteiger partial charge in [0.15, 0.2) is 0 Å². The van der Waals surface area contributed by atoms with Crippen LogP contribution in [0.1, 0.15) is 26.2 Å². The maximum Gasteiger partial charge on any atom is 0.306 e. The van der Waals surface area contributed by atoms with Crippen molar-refractivity contribution in [2.75, 3.05) is 59.6 Å². The van der Waals surface area contributed by atoms with Crippen LogP contribution in [-0.4, -0.2) is 75.4 Å². The summed E-state index contributed by atoms with van der Waals surface area (Å²) in [7, 11) is 1.44. The highest BCUT2D eigenvalue weighted by molar-refractivity contribution is 5.69. The normalized spacial score (nSPS) is 17.6. The van der Waals surface area contributed by atoms with Crippen molar-refractivity contribution in [1.82, 2.24) is 9.80 Å². The first kappa shape index (κ1) is 16.4. The van der Waals surface area contributed by atoms with E-state index in [0.29, 0.717) is 6.42 Å². The molecule has 19 heavy (non-hydrogen) atoms. The second-order valence-corrected chi connectivity index (χ2v) is 4.98. The predicted molar refractivity (Wildman–Crippen MR) is 75.2 cm³/mol. The van der Waals surface area contributed by atoms with E-state index in [2.05, 4.69) is 21.5 Å². The minimum atomic E-state index is -0.119. The van der Waals surface area contributed by atoms with Crippen molar-refractivity contribution in [1.29, 1.82) is 0 Å². The Morgan fingerprint density at radius 2 is 1.68 bits per heavy atom. The molecule has 1 saturated heterocycles. The lowest BCUT2D eigenvalue weighted by atomic mass is 10.3. The van der Waals surface area contributed by atoms with Crippen molar-refractivity contribution in [3.05, 3.63) is 0 Å². The summed E-state index contributed by atoms with van der Waals surface area (Å²) in [6, 6.07) is 0. The van der Waals surface area contributed by atoms with Gasteiger partial charge < -0.3 is 14.4 Å². The van der Waals surface area contributed by atoms with Crippen LogP contribution in [0.2, 0.25) is 0 Å². The Bertz CT molecular complexity index is 241. The molecule has 1 rings (SSSR count). The van der Waals surface area contributed by atoms with Gasteiger partial charge in [0.25, 0.3) is 0 Å². The van der Waals surface area contributed by atoms with E-state index in [4.69, 9.17) is 4.74 Å². The number of carbonyl (C=O) groups excluding carboxylic acids is 1. The maximum atomic E-state index is 11.1. The molecule has 0 N–H and O–H groups in total. The summed E-state index contributed by atoms with van der Waals surface area (Å²) >= 11 is 0. The molecule has 1 aliphatic heterocycles. The van der Waals surface area contributed by atoms with Gasteiger partial charge in [-0.3, -0.25) is 9.69 Å². The molecule has 1 aliphatic rings. The van der Waals surface area contributed by atoms with Gasteiger partial charge >= 0.3 is 5.97 Å². The molecule has 1 fully saturated rings. The number of nitrogens with zero attached hydrogens (tertiary/aromatic N) is 2. The second-order valence-electron chi connectivity index (χ2n) is 4.98. The lowest BCUT2D eigenvalue weighted by Gasteiger charge is -2.34. The van der Waals surface area contributed by atoms with Crippen molar-refractivity contribution in [2.24, 2.45) is 0 Å². The van der Waals surface area contributed by atoms with E-state index < -0.39 is 0 Å². The zero-order valence-electron chi connectivity index (χ0n) is 12.4. The highest BCUT2D eigenvalue weighted by Crippen LogP contribution is 2.03. The summed E-state index contributed by atoms with van der Waals surface area (Å²) in [5, 5.41) is 0. The van der Waals surface area contributed by atoms with Crippen molar-refractivity contribution < 1.29 is 14.3 Å². The van der Waals surface area contributed by atoms with E-state index in [1.165, 1.54) is 13.5 Å². The maximum absolute atomic E-state index is 11.1. The molecule has 0 unspecified atom stereocenters. The first-order valence-corrected chi connectivity index (χ1v) is 7.35. The third kappa shape index (κ3) is 7.50. The third-order valence-corrected chi connectivity index (χ3v) is 3.52. The number of esters is 1. The molecular formula is C14H28N2O3. The standard InChI is InChI=1S/C14H28N2O3/c1-3-4-12-19-13-11-16-9-7-15(8-10-16)6-5-14(17)18-2/h3-13H2,1-2H3. The van der Waals surface area contributed by atoms with Gasteiger partial charge in [-0.2, -0.15) is 0 Å². The Hall–Kier alpha value is -0.650. The fourth-order valence-electron chi connectivity index (χ4n) is 2.13. The molecule has 112 valence electrons. The van der Waals surface area contributed by atoms with Gasteiger partial charge in [0.05, 0.1) is 20.1 Å². The zero-order valence-corrected chi connectivity index (χ0v) is 12.4. The third-order valence-electron chi connectivity index (χ3n) is 3.52. The lowest BCUT2D eigenvalue weighted by molar-refractivity contribution is -0.141. The zero-order chi connectivity index (χ0) is 13.9. The van der Waals surface area contributed by atoms with Gasteiger partial charge in [0.1, 0.15) is 0 Å². The quantitative estimate of drug-likeness (QED) is 0.462. The van der Waals surface area contributed by atoms with Crippen molar-refractivity contribution in [3.8, 4) is 0 Å². The monoisotopic (exact) mass is 272 g/mol. The van der Waals surface area contributed by atoms with Crippen LogP contribution in [0.5, 0.6) is 0 Å². The van der Waals surface area contributed by atoms with Crippen LogP contribution >= 0.6 is 0 Å². The summed E-state index contributed by atoms with van der Waals surface area (Å²) < 4.78 is 10.2. The minimum absolute atomic E-state index is 0.119. The molecule has 5 heteroatoms. The molecule has 0 spiro atoms. The van der Waals surface area contributed by atoms with Crippen molar-refractivity contribution >= 4 is 5.97 Å². The number of carbonyl (C=O) groups is 1. The number of piperazine rings is 1. The van der Waals surface area contributed by atoms with Crippen LogP contribution < -0.4 is 0 Å². The Morgan fingerprint density at radius 3 is 2.26 bits per heavy atom. The molecular weight excluding hydrogens is 244 g/mol. The van der Waals surface area contributed by atoms with E-state index in [-0.39, 0.29) is 5.97 Å². The average Bonchev–Trinajstić information content (AvgIpc) is 2.45. The van der Waals surface area contributed by atoms with Crippen LogP contribution in [-0.2, 0) is 14.3 Å². The molecule has 0 aromatic heterocycles. The largest absolute Gasteiger partial charge is 0.469 e. The second kappa shape index (κ2) is 10.2. The highest BCUT2D eigenvalue weighted by Gasteiger charge is 2.17. The smallest absolute Gasteiger partial charge is 0.306 e. The Morgan fingerprint density at radius 1 is 1.05 bits per heavy atom. The van der Waals surface area contributed by atoms with E-state index >= 15 is 0 Å². The molecule has 0 amide bonds. The molecule has 0 aromatic rings. The van der Waals surface area contributed by atoms with Crippen LogP contribution in [0.25, 0.3) is 0 Å². The Balaban J connectivity index is 2.00. The van der Waals surface area contributed by atoms with Crippen molar-refractivity contribution in [2.45, 2.75) is 26.2 Å². The number of ether oxygens (including phenoxy) is 2. The van der Waals surface area contributed by atoms with E-state index in [1.54, 1.807) is 0 Å². The Kier molecular flexibility index (Phi) is 8.79. The average molecular weight is 272 g/mol. The van der Waals surface area contributed by atoms with Crippen molar-refractivity contribution in [3.63, 3.8) is 0 Å². The summed E-state index contributed by atoms with van der Waals surface area (Å²) in [6.45, 7) is 9.94. The summed E-state index contributed by atoms with van der Waals surface area (Å²) in [4.78, 5) is 15.8. The van der Waals surface area contributed by atoms with Crippen LogP contribution in [0.3, 0.4) is 0 Å². The van der Waals surface area contributed by atoms with Crippen LogP contribution in [0.15, 0.2) is 0 Å². The number of methoxy groups -OCH3 is 1. The molecule has 0 atom stereocenters. The SMILES string of the molecule is CCCCOCCN1CCN(CCC(=O)OC)CC1. The van der Waals surface area contributed by atoms with Gasteiger partial charge in [-0.05, 0) is 6.42 Å². The summed E-state index contributed by atoms with van der Waals surface area (Å²) in [5.41, 5.74) is 0. The van der Waals surface area contributed by atoms with Gasteiger partial charge in [0, 0.05) is 45.9 Å². The molecule has 5 nitrogen and oxygen atoms in total. The predicted octanol–water partition coefficient (Wildman–Crippen LogP) is 0.984. The fraction of sp³-hybridized carbons (Fsp3) is 0.929. The summed E-state index contributed by atoms with van der Waals surface area (Å²) in [5.74, 6) is -0.119. The van der Waals surface area contributed by atoms with Gasteiger partial charge in [-0.1, -0.05) is 13.3 Å². The Labute approximate surface area is 116 Å². The number of rotatable bonds is 9. The number of hydrogen-bond acceptors (Lipinski definition) is 5. The van der Waals surface area contributed by atoms with Crippen LogP contribution in [0.4, 0.5) is 0 Å². The summed E-state index contributed by atoms with van der Waals surface area (Å²) in [6.07, 6.45) is 2.84. The lowest BCUT2D eigenvalue weighted by Crippen LogP contribution is -2.47. The van der Waals surface area contributed by atoms with Gasteiger partial charge in [-0.25, -0.2) is 0 Å². The topological polar surface area (TPSA) is 42.0 Å². The molecule has 0 aromatic carbocycles. The minimum Gasteiger partial charge on any atom is -0.469 e. The van der Waals surface area contributed by atoms with Gasteiger partial charge in [0.2, 0.25) is 0 Å². The molecule has 0 saturated carbocycles. The van der Waals surface area contributed by atoms with E-state index in [0.717, 1.165) is 58.9 Å². The fourth-order valence-corrected chi connectivity index (χ4v) is 2.13. The molecule has 0 bridgehead atoms. The molecule has 0 aliphatic carbocycles. The van der Waals surface area contributed by atoms with E-state index in [9.17, 15) is 4.79 Å². The van der Waals surface area contributed by atoms with E-state index in [1.807, 2.05) is 0 Å².